The van der Waals surface area contributed by atoms with E-state index >= 15 is 0 Å². The predicted molar refractivity (Wildman–Crippen MR) is 64.3 cm³/mol. The van der Waals surface area contributed by atoms with E-state index in [1.54, 1.807) is 18.3 Å². The number of hydrogen-bond acceptors (Lipinski definition) is 5. The van der Waals surface area contributed by atoms with Crippen LogP contribution in [0.4, 0.5) is 17.1 Å². The van der Waals surface area contributed by atoms with Gasteiger partial charge in [0.25, 0.3) is 0 Å². The van der Waals surface area contributed by atoms with Crippen molar-refractivity contribution in [1.82, 2.24) is 4.98 Å². The first-order chi connectivity index (χ1) is 8.56. The third kappa shape index (κ3) is 2.51. The summed E-state index contributed by atoms with van der Waals surface area (Å²) in [6, 6.07) is 4.65. The third-order valence-electron chi connectivity index (χ3n) is 2.30. The average molecular weight is 246 g/mol. The maximum absolute atomic E-state index is 11.1. The number of nitro groups is 1. The minimum absolute atomic E-state index is 0.128. The Kier molecular flexibility index (Phi) is 3.05. The van der Waals surface area contributed by atoms with Crippen molar-refractivity contribution in [3.63, 3.8) is 0 Å². The summed E-state index contributed by atoms with van der Waals surface area (Å²) < 4.78 is 0.497. The fourth-order valence-corrected chi connectivity index (χ4v) is 1.42. The van der Waals surface area contributed by atoms with Crippen molar-refractivity contribution in [2.45, 2.75) is 6.92 Å². The van der Waals surface area contributed by atoms with E-state index in [9.17, 15) is 15.3 Å². The lowest BCUT2D eigenvalue weighted by atomic mass is 10.3. The minimum Gasteiger partial charge on any atom is -0.619 e. The molecule has 0 bridgehead atoms. The average Bonchev–Trinajstić information content (AvgIpc) is 2.32. The molecule has 18 heavy (non-hydrogen) atoms. The first kappa shape index (κ1) is 11.8. The van der Waals surface area contributed by atoms with Crippen LogP contribution in [-0.2, 0) is 0 Å². The molecule has 0 saturated heterocycles. The topological polar surface area (TPSA) is 95.0 Å². The van der Waals surface area contributed by atoms with E-state index in [4.69, 9.17) is 0 Å². The first-order valence-corrected chi connectivity index (χ1v) is 5.13. The molecule has 2 heterocycles. The molecule has 2 rings (SSSR count). The second-order valence-corrected chi connectivity index (χ2v) is 3.67. The Balaban J connectivity index is 2.35. The van der Waals surface area contributed by atoms with Gasteiger partial charge in [0.05, 0.1) is 22.9 Å². The number of pyridine rings is 2. The van der Waals surface area contributed by atoms with Crippen molar-refractivity contribution >= 4 is 17.1 Å². The summed E-state index contributed by atoms with van der Waals surface area (Å²) in [5, 5.41) is 24.8. The van der Waals surface area contributed by atoms with Crippen LogP contribution < -0.4 is 10.0 Å². The van der Waals surface area contributed by atoms with Gasteiger partial charge < -0.3 is 10.5 Å². The zero-order chi connectivity index (χ0) is 13.1. The zero-order valence-corrected chi connectivity index (χ0v) is 9.53. The van der Waals surface area contributed by atoms with Gasteiger partial charge >= 0.3 is 5.69 Å². The second kappa shape index (κ2) is 4.66. The number of hydrogen-bond donors (Lipinski definition) is 1. The van der Waals surface area contributed by atoms with Crippen LogP contribution >= 0.6 is 0 Å². The molecule has 2 aromatic heterocycles. The number of aromatic nitrogens is 2. The van der Waals surface area contributed by atoms with Gasteiger partial charge in [-0.2, -0.15) is 4.73 Å². The molecule has 92 valence electrons. The zero-order valence-electron chi connectivity index (χ0n) is 9.53. The Morgan fingerprint density at radius 1 is 1.39 bits per heavy atom. The van der Waals surface area contributed by atoms with Gasteiger partial charge in [-0.3, -0.25) is 15.1 Å². The number of anilines is 2. The van der Waals surface area contributed by atoms with Gasteiger partial charge in [-0.15, -0.1) is 0 Å². The van der Waals surface area contributed by atoms with Crippen molar-refractivity contribution in [3.05, 3.63) is 57.8 Å². The summed E-state index contributed by atoms with van der Waals surface area (Å²) in [5.74, 6) is 0. The number of nitrogens with one attached hydrogen (secondary N) is 1. The fourth-order valence-electron chi connectivity index (χ4n) is 1.42. The Morgan fingerprint density at radius 2 is 2.17 bits per heavy atom. The van der Waals surface area contributed by atoms with E-state index in [1.807, 2.05) is 6.92 Å². The van der Waals surface area contributed by atoms with Crippen LogP contribution in [0.25, 0.3) is 0 Å². The van der Waals surface area contributed by atoms with Gasteiger partial charge in [0, 0.05) is 5.69 Å². The lowest BCUT2D eigenvalue weighted by Crippen LogP contribution is -2.25. The molecule has 0 saturated carbocycles. The number of nitrogens with zero attached hydrogens (tertiary/aromatic N) is 3. The Morgan fingerprint density at radius 3 is 2.78 bits per heavy atom. The summed E-state index contributed by atoms with van der Waals surface area (Å²) in [4.78, 5) is 14.3. The molecule has 0 aliphatic carbocycles. The molecular weight excluding hydrogens is 236 g/mol. The maximum Gasteiger partial charge on any atom is 0.304 e. The highest BCUT2D eigenvalue weighted by atomic mass is 16.6. The van der Waals surface area contributed by atoms with Crippen molar-refractivity contribution in [2.24, 2.45) is 0 Å². The van der Waals surface area contributed by atoms with Crippen LogP contribution in [0.1, 0.15) is 5.69 Å². The quantitative estimate of drug-likeness (QED) is 0.384. The van der Waals surface area contributed by atoms with Crippen molar-refractivity contribution in [1.29, 1.82) is 0 Å². The fraction of sp³-hybridized carbons (Fsp3) is 0.0909. The molecule has 0 fully saturated rings. The summed E-state index contributed by atoms with van der Waals surface area (Å²) in [6.45, 7) is 1.83. The first-order valence-electron chi connectivity index (χ1n) is 5.13. The van der Waals surface area contributed by atoms with Crippen molar-refractivity contribution in [2.75, 3.05) is 5.32 Å². The van der Waals surface area contributed by atoms with Crippen LogP contribution in [0.2, 0.25) is 0 Å². The summed E-state index contributed by atoms with van der Waals surface area (Å²) in [6.07, 6.45) is 3.73. The predicted octanol–water partition coefficient (Wildman–Crippen LogP) is 1.68. The largest absolute Gasteiger partial charge is 0.619 e. The normalized spacial score (nSPS) is 10.1. The molecule has 0 aliphatic heterocycles. The molecule has 7 heteroatoms. The summed E-state index contributed by atoms with van der Waals surface area (Å²) in [7, 11) is 0. The second-order valence-electron chi connectivity index (χ2n) is 3.67. The Hall–Kier alpha value is -2.70. The highest BCUT2D eigenvalue weighted by Crippen LogP contribution is 2.24. The van der Waals surface area contributed by atoms with Crippen molar-refractivity contribution in [3.8, 4) is 0 Å². The molecule has 7 nitrogen and oxygen atoms in total. The van der Waals surface area contributed by atoms with Crippen LogP contribution in [0, 0.1) is 22.2 Å². The molecule has 2 aromatic rings. The van der Waals surface area contributed by atoms with E-state index in [2.05, 4.69) is 10.3 Å². The Bertz CT molecular complexity index is 583. The van der Waals surface area contributed by atoms with Crippen LogP contribution in [0.15, 0.2) is 36.8 Å². The maximum atomic E-state index is 11.1. The molecule has 0 radical (unpaired) electrons. The molecule has 0 aromatic carbocycles. The minimum atomic E-state index is -0.552. The van der Waals surface area contributed by atoms with E-state index < -0.39 is 4.92 Å². The molecule has 0 amide bonds. The highest BCUT2D eigenvalue weighted by molar-refractivity contribution is 5.66. The molecule has 0 unspecified atom stereocenters. The monoisotopic (exact) mass is 246 g/mol. The smallest absolute Gasteiger partial charge is 0.304 e. The van der Waals surface area contributed by atoms with E-state index in [1.165, 1.54) is 0 Å². The van der Waals surface area contributed by atoms with Crippen LogP contribution in [-0.4, -0.2) is 9.91 Å². The number of aryl methyl sites for hydroxylation is 1. The molecule has 1 N–H and O–H groups in total. The SMILES string of the molecule is Cc1ccc(Nc2c[n+]([O-])ccc2[N+](=O)[O-])cn1. The lowest BCUT2D eigenvalue weighted by molar-refractivity contribution is -0.605. The van der Waals surface area contributed by atoms with E-state index in [0.717, 1.165) is 24.2 Å². The van der Waals surface area contributed by atoms with Gasteiger partial charge in [0.1, 0.15) is 0 Å². The van der Waals surface area contributed by atoms with E-state index in [0.29, 0.717) is 10.4 Å². The van der Waals surface area contributed by atoms with Gasteiger partial charge in [-0.1, -0.05) is 0 Å². The summed E-state index contributed by atoms with van der Waals surface area (Å²) >= 11 is 0. The van der Waals surface area contributed by atoms with Gasteiger partial charge in [-0.25, -0.2) is 0 Å². The highest BCUT2D eigenvalue weighted by Gasteiger charge is 2.17. The Labute approximate surface area is 102 Å². The standard InChI is InChI=1S/C11H10N4O3/c1-8-2-3-9(6-12-8)13-10-7-14(16)5-4-11(10)15(17)18/h2-7,13H,1H3. The summed E-state index contributed by atoms with van der Waals surface area (Å²) in [5.41, 5.74) is 1.38. The van der Waals surface area contributed by atoms with E-state index in [-0.39, 0.29) is 11.4 Å². The molecule has 0 atom stereocenters. The van der Waals surface area contributed by atoms with Crippen molar-refractivity contribution < 1.29 is 9.65 Å². The number of rotatable bonds is 3. The molecular formula is C11H10N4O3. The molecule has 0 spiro atoms. The molecule has 0 aliphatic rings. The van der Waals surface area contributed by atoms with Crippen LogP contribution in [0.3, 0.4) is 0 Å². The van der Waals surface area contributed by atoms with Gasteiger partial charge in [0.15, 0.2) is 11.9 Å². The lowest BCUT2D eigenvalue weighted by Gasteiger charge is -2.06. The van der Waals surface area contributed by atoms with Crippen LogP contribution in [0.5, 0.6) is 0 Å². The van der Waals surface area contributed by atoms with Gasteiger partial charge in [0.2, 0.25) is 6.20 Å². The van der Waals surface area contributed by atoms with Gasteiger partial charge in [-0.05, 0) is 19.1 Å². The third-order valence-corrected chi connectivity index (χ3v) is 2.30.